The molecule has 0 unspecified atom stereocenters. The standard InChI is InChI=1S/C9H10F2N2O4/c10-6-2-9(17-4-5(14)3-12)7(11)1-8(6)13(15)16/h1-2,5,14H,3-4,12H2/t5-/m0/s1. The van der Waals surface area contributed by atoms with Gasteiger partial charge in [-0.3, -0.25) is 10.1 Å². The number of ether oxygens (including phenoxy) is 1. The van der Waals surface area contributed by atoms with Gasteiger partial charge in [0.1, 0.15) is 12.7 Å². The third kappa shape index (κ3) is 3.33. The van der Waals surface area contributed by atoms with Crippen LogP contribution < -0.4 is 10.5 Å². The van der Waals surface area contributed by atoms with E-state index in [2.05, 4.69) is 0 Å². The molecule has 0 aromatic heterocycles. The Bertz CT molecular complexity index is 428. The number of rotatable bonds is 5. The molecule has 0 aliphatic heterocycles. The van der Waals surface area contributed by atoms with E-state index >= 15 is 0 Å². The molecule has 0 amide bonds. The van der Waals surface area contributed by atoms with E-state index in [-0.39, 0.29) is 13.2 Å². The normalized spacial score (nSPS) is 12.2. The van der Waals surface area contributed by atoms with Crippen molar-refractivity contribution in [3.8, 4) is 5.75 Å². The van der Waals surface area contributed by atoms with Gasteiger partial charge in [0.15, 0.2) is 11.6 Å². The average molecular weight is 248 g/mol. The summed E-state index contributed by atoms with van der Waals surface area (Å²) in [5.74, 6) is -2.81. The molecule has 1 aromatic rings. The van der Waals surface area contributed by atoms with E-state index in [4.69, 9.17) is 15.6 Å². The summed E-state index contributed by atoms with van der Waals surface area (Å²) in [7, 11) is 0. The molecule has 0 radical (unpaired) electrons. The molecular formula is C9H10F2N2O4. The zero-order valence-electron chi connectivity index (χ0n) is 8.60. The number of aliphatic hydroxyl groups excluding tert-OH is 1. The molecule has 0 aliphatic rings. The highest BCUT2D eigenvalue weighted by Gasteiger charge is 2.19. The first-order chi connectivity index (χ1) is 7.95. The van der Waals surface area contributed by atoms with Crippen LogP contribution in [-0.2, 0) is 0 Å². The van der Waals surface area contributed by atoms with Crippen LogP contribution in [0.15, 0.2) is 12.1 Å². The lowest BCUT2D eigenvalue weighted by molar-refractivity contribution is -0.387. The predicted molar refractivity (Wildman–Crippen MR) is 53.6 cm³/mol. The molecule has 1 atom stereocenters. The number of benzene rings is 1. The maximum atomic E-state index is 13.2. The number of nitro benzene ring substituents is 1. The van der Waals surface area contributed by atoms with Gasteiger partial charge in [-0.05, 0) is 0 Å². The fourth-order valence-corrected chi connectivity index (χ4v) is 1.02. The maximum Gasteiger partial charge on any atom is 0.307 e. The Labute approximate surface area is 94.8 Å². The second kappa shape index (κ2) is 5.51. The van der Waals surface area contributed by atoms with Crippen LogP contribution in [0.5, 0.6) is 5.75 Å². The Kier molecular flexibility index (Phi) is 4.30. The van der Waals surface area contributed by atoms with Crippen LogP contribution >= 0.6 is 0 Å². The summed E-state index contributed by atoms with van der Waals surface area (Å²) in [6.07, 6.45) is -1.02. The third-order valence-corrected chi connectivity index (χ3v) is 1.90. The lowest BCUT2D eigenvalue weighted by Crippen LogP contribution is -2.26. The van der Waals surface area contributed by atoms with E-state index in [1.807, 2.05) is 0 Å². The van der Waals surface area contributed by atoms with Crippen molar-refractivity contribution in [2.24, 2.45) is 5.73 Å². The summed E-state index contributed by atoms with van der Waals surface area (Å²) in [5, 5.41) is 19.3. The Hall–Kier alpha value is -1.80. The molecule has 3 N–H and O–H groups in total. The molecule has 0 saturated carbocycles. The smallest absolute Gasteiger partial charge is 0.307 e. The summed E-state index contributed by atoms with van der Waals surface area (Å²) in [5.41, 5.74) is 4.10. The average Bonchev–Trinajstić information content (AvgIpc) is 2.28. The molecule has 0 bridgehead atoms. The minimum absolute atomic E-state index is 0.100. The monoisotopic (exact) mass is 248 g/mol. The first-order valence-electron chi connectivity index (χ1n) is 4.60. The lowest BCUT2D eigenvalue weighted by atomic mass is 10.2. The SMILES string of the molecule is NC[C@H](O)COc1cc(F)c([N+](=O)[O-])cc1F. The minimum Gasteiger partial charge on any atom is -0.488 e. The number of hydrogen-bond acceptors (Lipinski definition) is 5. The van der Waals surface area contributed by atoms with Gasteiger partial charge in [-0.2, -0.15) is 4.39 Å². The second-order valence-electron chi connectivity index (χ2n) is 3.19. The molecule has 6 nitrogen and oxygen atoms in total. The van der Waals surface area contributed by atoms with Crippen LogP contribution in [0.25, 0.3) is 0 Å². The highest BCUT2D eigenvalue weighted by Crippen LogP contribution is 2.26. The van der Waals surface area contributed by atoms with Gasteiger partial charge in [0, 0.05) is 12.6 Å². The highest BCUT2D eigenvalue weighted by atomic mass is 19.1. The van der Waals surface area contributed by atoms with Gasteiger partial charge in [0.05, 0.1) is 11.0 Å². The Balaban J connectivity index is 2.88. The quantitative estimate of drug-likeness (QED) is 0.586. The number of hydrogen-bond donors (Lipinski definition) is 2. The number of nitrogens with two attached hydrogens (primary N) is 1. The molecule has 17 heavy (non-hydrogen) atoms. The van der Waals surface area contributed by atoms with E-state index in [0.717, 1.165) is 0 Å². The zero-order chi connectivity index (χ0) is 13.0. The van der Waals surface area contributed by atoms with Gasteiger partial charge in [-0.25, -0.2) is 4.39 Å². The summed E-state index contributed by atoms with van der Waals surface area (Å²) in [4.78, 5) is 9.25. The van der Waals surface area contributed by atoms with Gasteiger partial charge in [-0.15, -0.1) is 0 Å². The van der Waals surface area contributed by atoms with Crippen LogP contribution in [0.2, 0.25) is 0 Å². The van der Waals surface area contributed by atoms with Crippen molar-refractivity contribution in [1.82, 2.24) is 0 Å². The van der Waals surface area contributed by atoms with Gasteiger partial charge in [0.2, 0.25) is 5.82 Å². The molecule has 8 heteroatoms. The molecule has 0 spiro atoms. The fourth-order valence-electron chi connectivity index (χ4n) is 1.02. The van der Waals surface area contributed by atoms with Crippen LogP contribution in [0.1, 0.15) is 0 Å². The van der Waals surface area contributed by atoms with Crippen molar-refractivity contribution in [3.63, 3.8) is 0 Å². The first-order valence-corrected chi connectivity index (χ1v) is 4.60. The summed E-state index contributed by atoms with van der Waals surface area (Å²) in [6, 6.07) is 0.968. The number of halogens is 2. The van der Waals surface area contributed by atoms with Crippen molar-refractivity contribution in [3.05, 3.63) is 33.9 Å². The van der Waals surface area contributed by atoms with E-state index in [0.29, 0.717) is 12.1 Å². The molecule has 1 rings (SSSR count). The molecule has 0 heterocycles. The van der Waals surface area contributed by atoms with E-state index in [1.54, 1.807) is 0 Å². The van der Waals surface area contributed by atoms with Crippen LogP contribution in [-0.4, -0.2) is 29.3 Å². The van der Waals surface area contributed by atoms with Gasteiger partial charge in [0.25, 0.3) is 0 Å². The largest absolute Gasteiger partial charge is 0.488 e. The molecular weight excluding hydrogens is 238 g/mol. The van der Waals surface area contributed by atoms with Gasteiger partial charge >= 0.3 is 5.69 Å². The maximum absolute atomic E-state index is 13.2. The highest BCUT2D eigenvalue weighted by molar-refractivity contribution is 5.39. The summed E-state index contributed by atoms with van der Waals surface area (Å²) < 4.78 is 31.1. The molecule has 0 saturated heterocycles. The van der Waals surface area contributed by atoms with Crippen LogP contribution in [0, 0.1) is 21.7 Å². The van der Waals surface area contributed by atoms with E-state index in [9.17, 15) is 18.9 Å². The summed E-state index contributed by atoms with van der Waals surface area (Å²) in [6.45, 7) is -0.429. The van der Waals surface area contributed by atoms with Crippen molar-refractivity contribution < 1.29 is 23.5 Å². The lowest BCUT2D eigenvalue weighted by Gasteiger charge is -2.10. The number of nitrogens with zero attached hydrogens (tertiary/aromatic N) is 1. The molecule has 1 aromatic carbocycles. The van der Waals surface area contributed by atoms with Crippen molar-refractivity contribution in [2.45, 2.75) is 6.10 Å². The number of aliphatic hydroxyl groups is 1. The molecule has 0 aliphatic carbocycles. The predicted octanol–water partition coefficient (Wildman–Crippen LogP) is 0.571. The fraction of sp³-hybridized carbons (Fsp3) is 0.333. The topological polar surface area (TPSA) is 98.6 Å². The third-order valence-electron chi connectivity index (χ3n) is 1.90. The van der Waals surface area contributed by atoms with Crippen molar-refractivity contribution in [2.75, 3.05) is 13.2 Å². The zero-order valence-corrected chi connectivity index (χ0v) is 8.60. The first kappa shape index (κ1) is 13.3. The minimum atomic E-state index is -1.21. The Morgan fingerprint density at radius 1 is 1.47 bits per heavy atom. The van der Waals surface area contributed by atoms with Crippen LogP contribution in [0.3, 0.4) is 0 Å². The van der Waals surface area contributed by atoms with Gasteiger partial charge < -0.3 is 15.6 Å². The van der Waals surface area contributed by atoms with Crippen LogP contribution in [0.4, 0.5) is 14.5 Å². The Morgan fingerprint density at radius 2 is 2.12 bits per heavy atom. The number of nitro groups is 1. The summed E-state index contributed by atoms with van der Waals surface area (Å²) >= 11 is 0. The second-order valence-corrected chi connectivity index (χ2v) is 3.19. The van der Waals surface area contributed by atoms with Gasteiger partial charge in [-0.1, -0.05) is 0 Å². The van der Waals surface area contributed by atoms with E-state index < -0.39 is 34.1 Å². The van der Waals surface area contributed by atoms with Crippen molar-refractivity contribution >= 4 is 5.69 Å². The molecule has 94 valence electrons. The van der Waals surface area contributed by atoms with Crippen molar-refractivity contribution in [1.29, 1.82) is 0 Å². The van der Waals surface area contributed by atoms with E-state index in [1.165, 1.54) is 0 Å². The molecule has 0 fully saturated rings. The Morgan fingerprint density at radius 3 is 2.65 bits per heavy atom.